The number of aryl methyl sites for hydroxylation is 1. The zero-order chi connectivity index (χ0) is 36.1. The van der Waals surface area contributed by atoms with Gasteiger partial charge < -0.3 is 24.8 Å². The lowest BCUT2D eigenvalue weighted by Crippen LogP contribution is -2.37. The van der Waals surface area contributed by atoms with Crippen LogP contribution in [0.15, 0.2) is 79.0 Å². The molecule has 1 amide bonds. The van der Waals surface area contributed by atoms with Gasteiger partial charge in [-0.25, -0.2) is 9.64 Å². The van der Waals surface area contributed by atoms with Gasteiger partial charge in [-0.3, -0.25) is 9.78 Å². The van der Waals surface area contributed by atoms with E-state index < -0.39 is 17.7 Å². The molecule has 0 atom stereocenters. The molecule has 0 fully saturated rings. The molecular weight excluding hydrogens is 630 g/mol. The summed E-state index contributed by atoms with van der Waals surface area (Å²) < 4.78 is 12.2. The third kappa shape index (κ3) is 11.1. The molecule has 10 heteroatoms. The summed E-state index contributed by atoms with van der Waals surface area (Å²) >= 11 is 0. The van der Waals surface area contributed by atoms with Gasteiger partial charge in [-0.15, -0.1) is 0 Å². The van der Waals surface area contributed by atoms with Crippen molar-refractivity contribution in [3.63, 3.8) is 0 Å². The van der Waals surface area contributed by atoms with Gasteiger partial charge in [-0.2, -0.15) is 5.26 Å². The van der Waals surface area contributed by atoms with Crippen LogP contribution in [0.2, 0.25) is 0 Å². The van der Waals surface area contributed by atoms with Gasteiger partial charge in [0.05, 0.1) is 30.4 Å². The Hall–Kier alpha value is -5.87. The van der Waals surface area contributed by atoms with Crippen molar-refractivity contribution in [2.75, 3.05) is 11.9 Å². The molecule has 258 valence electrons. The smallest absolute Gasteiger partial charge is 0.410 e. The van der Waals surface area contributed by atoms with E-state index in [9.17, 15) is 9.59 Å². The van der Waals surface area contributed by atoms with Crippen LogP contribution in [0.1, 0.15) is 74.4 Å². The molecule has 0 unspecified atom stereocenters. The van der Waals surface area contributed by atoms with Gasteiger partial charge in [-0.05, 0) is 87.1 Å². The molecule has 10 nitrogen and oxygen atoms in total. The highest BCUT2D eigenvalue weighted by molar-refractivity contribution is 5.69. The number of rotatable bonds is 15. The normalized spacial score (nSPS) is 10.8. The van der Waals surface area contributed by atoms with E-state index in [0.717, 1.165) is 33.5 Å². The van der Waals surface area contributed by atoms with Crippen LogP contribution in [0.25, 0.3) is 16.0 Å². The van der Waals surface area contributed by atoms with Crippen LogP contribution >= 0.6 is 0 Å². The van der Waals surface area contributed by atoms with E-state index in [1.54, 1.807) is 35.4 Å². The predicted octanol–water partition coefficient (Wildman–Crippen LogP) is 9.05. The molecule has 3 aromatic carbocycles. The van der Waals surface area contributed by atoms with Crippen molar-refractivity contribution in [2.24, 2.45) is 0 Å². The third-order valence-corrected chi connectivity index (χ3v) is 7.89. The number of unbranched alkanes of at least 4 members (excludes halogenated alkanes) is 2. The molecular formula is C40H43N5O5. The van der Waals surface area contributed by atoms with Crippen LogP contribution in [0, 0.1) is 24.8 Å². The van der Waals surface area contributed by atoms with E-state index in [1.807, 2.05) is 76.2 Å². The molecule has 0 aliphatic carbocycles. The molecule has 0 saturated heterocycles. The second-order valence-corrected chi connectivity index (χ2v) is 13.0. The molecule has 0 aliphatic heterocycles. The lowest BCUT2D eigenvalue weighted by molar-refractivity contribution is -0.137. The van der Waals surface area contributed by atoms with Gasteiger partial charge in [0, 0.05) is 37.0 Å². The number of benzene rings is 3. The summed E-state index contributed by atoms with van der Waals surface area (Å²) in [4.78, 5) is 34.4. The number of aromatic nitrogens is 1. The number of carboxylic acids is 1. The van der Waals surface area contributed by atoms with E-state index >= 15 is 0 Å². The number of hydrogen-bond donors (Lipinski definition) is 2. The molecule has 4 aromatic rings. The Morgan fingerprint density at radius 1 is 0.980 bits per heavy atom. The number of amides is 1. The lowest BCUT2D eigenvalue weighted by Gasteiger charge is -2.29. The Bertz CT molecular complexity index is 1830. The van der Waals surface area contributed by atoms with Crippen LogP contribution in [0.5, 0.6) is 5.75 Å². The Kier molecular flexibility index (Phi) is 12.9. The Morgan fingerprint density at radius 2 is 1.64 bits per heavy atom. The first-order valence-electron chi connectivity index (χ1n) is 16.6. The SMILES string of the molecule is [C-]#[N+]c1ccc(COc2c(C)ncc(CNc3ccc(-c4ccc(C#N)cc4)cc3)c2CN(CCCCCC(=O)O)C(=O)OC(C)(C)C)cc1. The number of ether oxygens (including phenoxy) is 2. The van der Waals surface area contributed by atoms with Crippen molar-refractivity contribution in [1.82, 2.24) is 9.88 Å². The highest BCUT2D eigenvalue weighted by Gasteiger charge is 2.25. The lowest BCUT2D eigenvalue weighted by atomic mass is 10.0. The maximum absolute atomic E-state index is 13.5. The second kappa shape index (κ2) is 17.5. The second-order valence-electron chi connectivity index (χ2n) is 13.0. The van der Waals surface area contributed by atoms with Gasteiger partial charge in [0.1, 0.15) is 18.0 Å². The number of nitrogens with zero attached hydrogens (tertiary/aromatic N) is 4. The number of nitrogens with one attached hydrogen (secondary N) is 1. The monoisotopic (exact) mass is 673 g/mol. The van der Waals surface area contributed by atoms with Crippen LogP contribution in [-0.4, -0.2) is 39.2 Å². The first-order chi connectivity index (χ1) is 24.0. The largest absolute Gasteiger partial charge is 0.487 e. The fourth-order valence-electron chi connectivity index (χ4n) is 5.24. The molecule has 2 N–H and O–H groups in total. The number of carbonyl (C=O) groups is 2. The maximum Gasteiger partial charge on any atom is 0.410 e. The average molecular weight is 674 g/mol. The summed E-state index contributed by atoms with van der Waals surface area (Å²) in [5.41, 5.74) is 6.54. The summed E-state index contributed by atoms with van der Waals surface area (Å²) in [6.45, 7) is 15.8. The van der Waals surface area contributed by atoms with E-state index in [4.69, 9.17) is 26.4 Å². The first kappa shape index (κ1) is 37.0. The van der Waals surface area contributed by atoms with Crippen molar-refractivity contribution in [3.05, 3.63) is 118 Å². The number of aliphatic carboxylic acids is 1. The minimum atomic E-state index is -0.840. The molecule has 50 heavy (non-hydrogen) atoms. The fraction of sp³-hybridized carbons (Fsp3) is 0.325. The molecule has 0 saturated carbocycles. The van der Waals surface area contributed by atoms with Gasteiger partial charge in [0.15, 0.2) is 5.69 Å². The average Bonchev–Trinajstić information content (AvgIpc) is 3.10. The standard InChI is InChI=1S/C40H43N5O5/c1-28-38(49-27-30-12-18-34(42-5)19-13-30)36(26-45(39(48)50-40(2,3)4)22-8-6-7-9-37(46)47)33(24-43-28)25-44-35-20-16-32(17-21-35)31-14-10-29(23-41)11-15-31/h10-21,24,44H,6-9,22,25-27H2,1-4H3,(H,46,47). The van der Waals surface area contributed by atoms with Crippen molar-refractivity contribution in [2.45, 2.75) is 78.7 Å². The number of carbonyl (C=O) groups excluding carboxylic acids is 1. The highest BCUT2D eigenvalue weighted by Crippen LogP contribution is 2.30. The van der Waals surface area contributed by atoms with Crippen LogP contribution in [0.3, 0.4) is 0 Å². The molecule has 1 heterocycles. The highest BCUT2D eigenvalue weighted by atomic mass is 16.6. The number of hydrogen-bond acceptors (Lipinski definition) is 7. The number of nitriles is 1. The van der Waals surface area contributed by atoms with Gasteiger partial charge >= 0.3 is 12.1 Å². The Balaban J connectivity index is 1.61. The molecule has 0 bridgehead atoms. The summed E-state index contributed by atoms with van der Waals surface area (Å²) in [7, 11) is 0. The van der Waals surface area contributed by atoms with Gasteiger partial charge in [0.2, 0.25) is 0 Å². The molecule has 0 radical (unpaired) electrons. The van der Waals surface area contributed by atoms with Crippen LogP contribution in [0.4, 0.5) is 16.2 Å². The summed E-state index contributed by atoms with van der Waals surface area (Å²) in [5.74, 6) is -0.276. The fourth-order valence-corrected chi connectivity index (χ4v) is 5.24. The first-order valence-corrected chi connectivity index (χ1v) is 16.6. The summed E-state index contributed by atoms with van der Waals surface area (Å²) in [6, 6.07) is 24.8. The van der Waals surface area contributed by atoms with Gasteiger partial charge in [0.25, 0.3) is 0 Å². The van der Waals surface area contributed by atoms with E-state index in [-0.39, 0.29) is 19.6 Å². The van der Waals surface area contributed by atoms with E-state index in [0.29, 0.717) is 55.0 Å². The number of pyridine rings is 1. The summed E-state index contributed by atoms with van der Waals surface area (Å²) in [5, 5.41) is 21.7. The number of anilines is 1. The molecule has 1 aromatic heterocycles. The third-order valence-electron chi connectivity index (χ3n) is 7.89. The van der Waals surface area contributed by atoms with Crippen molar-refractivity contribution in [1.29, 1.82) is 5.26 Å². The van der Waals surface area contributed by atoms with Crippen LogP contribution < -0.4 is 10.1 Å². The van der Waals surface area contributed by atoms with Crippen molar-refractivity contribution < 1.29 is 24.2 Å². The molecule has 0 aliphatic rings. The van der Waals surface area contributed by atoms with E-state index in [1.165, 1.54) is 0 Å². The Labute approximate surface area is 294 Å². The minimum absolute atomic E-state index is 0.0785. The zero-order valence-electron chi connectivity index (χ0n) is 29.0. The zero-order valence-corrected chi connectivity index (χ0v) is 29.0. The van der Waals surface area contributed by atoms with Gasteiger partial charge in [-0.1, -0.05) is 55.0 Å². The van der Waals surface area contributed by atoms with Crippen molar-refractivity contribution in [3.8, 4) is 22.9 Å². The molecule has 0 spiro atoms. The predicted molar refractivity (Wildman–Crippen MR) is 193 cm³/mol. The van der Waals surface area contributed by atoms with Crippen molar-refractivity contribution >= 4 is 23.4 Å². The Morgan fingerprint density at radius 3 is 2.24 bits per heavy atom. The minimum Gasteiger partial charge on any atom is -0.487 e. The topological polar surface area (TPSA) is 129 Å². The summed E-state index contributed by atoms with van der Waals surface area (Å²) in [6.07, 6.45) is 3.18. The maximum atomic E-state index is 13.5. The van der Waals surface area contributed by atoms with Crippen LogP contribution in [-0.2, 0) is 29.2 Å². The van der Waals surface area contributed by atoms with E-state index in [2.05, 4.69) is 21.2 Å². The number of carboxylic acid groups (broad SMARTS) is 1. The molecule has 4 rings (SSSR count). The quantitative estimate of drug-likeness (QED) is 0.0945.